The van der Waals surface area contributed by atoms with Crippen LogP contribution in [0.5, 0.6) is 5.75 Å². The molecule has 26 heavy (non-hydrogen) atoms. The Hall–Kier alpha value is -2.24. The van der Waals surface area contributed by atoms with Crippen LogP contribution in [0.2, 0.25) is 5.02 Å². The molecule has 6 heteroatoms. The van der Waals surface area contributed by atoms with Crippen molar-refractivity contribution in [3.05, 3.63) is 53.6 Å². The molecule has 1 aliphatic rings. The number of anilines is 2. The summed E-state index contributed by atoms with van der Waals surface area (Å²) >= 11 is 6.08. The van der Waals surface area contributed by atoms with Gasteiger partial charge in [0.15, 0.2) is 0 Å². The van der Waals surface area contributed by atoms with Gasteiger partial charge in [-0.25, -0.2) is 0 Å². The first kappa shape index (κ1) is 18.5. The average Bonchev–Trinajstić information content (AvgIpc) is 2.68. The molecule has 1 amide bonds. The fourth-order valence-corrected chi connectivity index (χ4v) is 3.32. The summed E-state index contributed by atoms with van der Waals surface area (Å²) in [5, 5.41) is 3.44. The number of hydrogen-bond acceptors (Lipinski definition) is 4. The van der Waals surface area contributed by atoms with Crippen molar-refractivity contribution in [2.24, 2.45) is 0 Å². The van der Waals surface area contributed by atoms with E-state index in [0.717, 1.165) is 44.2 Å². The number of rotatable bonds is 6. The van der Waals surface area contributed by atoms with Gasteiger partial charge < -0.3 is 15.0 Å². The van der Waals surface area contributed by atoms with Crippen molar-refractivity contribution in [1.29, 1.82) is 0 Å². The summed E-state index contributed by atoms with van der Waals surface area (Å²) in [5.74, 6) is 0.894. The maximum absolute atomic E-state index is 12.2. The van der Waals surface area contributed by atoms with E-state index in [1.54, 1.807) is 13.2 Å². The summed E-state index contributed by atoms with van der Waals surface area (Å²) in [6.45, 7) is 4.45. The second-order valence-corrected chi connectivity index (χ2v) is 6.69. The summed E-state index contributed by atoms with van der Waals surface area (Å²) in [6, 6.07) is 15.4. The molecule has 0 aliphatic carbocycles. The Labute approximate surface area is 159 Å². The van der Waals surface area contributed by atoms with E-state index in [1.165, 1.54) is 0 Å². The van der Waals surface area contributed by atoms with Crippen LogP contribution in [0.25, 0.3) is 0 Å². The van der Waals surface area contributed by atoms with Crippen LogP contribution in [0.3, 0.4) is 0 Å². The van der Waals surface area contributed by atoms with E-state index in [4.69, 9.17) is 16.3 Å². The molecular formula is C20H24ClN3O2. The molecule has 0 unspecified atom stereocenters. The largest absolute Gasteiger partial charge is 0.495 e. The van der Waals surface area contributed by atoms with Gasteiger partial charge in [-0.3, -0.25) is 9.69 Å². The first-order valence-electron chi connectivity index (χ1n) is 8.82. The number of benzene rings is 2. The van der Waals surface area contributed by atoms with E-state index in [2.05, 4.69) is 21.2 Å². The third-order valence-corrected chi connectivity index (χ3v) is 4.93. The minimum absolute atomic E-state index is 0.00902. The van der Waals surface area contributed by atoms with Crippen LogP contribution in [-0.2, 0) is 4.79 Å². The zero-order chi connectivity index (χ0) is 18.4. The maximum Gasteiger partial charge on any atom is 0.225 e. The molecule has 1 heterocycles. The van der Waals surface area contributed by atoms with Gasteiger partial charge in [-0.15, -0.1) is 0 Å². The maximum atomic E-state index is 12.2. The van der Waals surface area contributed by atoms with Crippen molar-refractivity contribution in [3.8, 4) is 5.75 Å². The number of hydrogen-bond donors (Lipinski definition) is 1. The number of halogens is 1. The van der Waals surface area contributed by atoms with E-state index in [0.29, 0.717) is 17.1 Å². The number of nitrogens with zero attached hydrogens (tertiary/aromatic N) is 2. The molecule has 0 bridgehead atoms. The molecule has 0 radical (unpaired) electrons. The van der Waals surface area contributed by atoms with Gasteiger partial charge in [-0.1, -0.05) is 35.9 Å². The summed E-state index contributed by atoms with van der Waals surface area (Å²) in [6.07, 6.45) is 0.458. The molecule has 1 saturated heterocycles. The number of para-hydroxylation sites is 3. The van der Waals surface area contributed by atoms with Gasteiger partial charge >= 0.3 is 0 Å². The lowest BCUT2D eigenvalue weighted by Gasteiger charge is -2.36. The molecule has 1 N–H and O–H groups in total. The summed E-state index contributed by atoms with van der Waals surface area (Å²) < 4.78 is 5.45. The van der Waals surface area contributed by atoms with Crippen molar-refractivity contribution in [1.82, 2.24) is 4.90 Å². The van der Waals surface area contributed by atoms with E-state index in [9.17, 15) is 4.79 Å². The van der Waals surface area contributed by atoms with Gasteiger partial charge in [0.05, 0.1) is 23.5 Å². The Kier molecular flexibility index (Phi) is 6.36. The first-order chi connectivity index (χ1) is 12.7. The Morgan fingerprint density at radius 3 is 2.50 bits per heavy atom. The Morgan fingerprint density at radius 2 is 1.77 bits per heavy atom. The fraction of sp³-hybridized carbons (Fsp3) is 0.350. The van der Waals surface area contributed by atoms with Crippen molar-refractivity contribution >= 4 is 28.9 Å². The minimum atomic E-state index is -0.00902. The van der Waals surface area contributed by atoms with Crippen LogP contribution in [-0.4, -0.2) is 50.6 Å². The molecule has 1 fully saturated rings. The van der Waals surface area contributed by atoms with Crippen molar-refractivity contribution in [3.63, 3.8) is 0 Å². The number of ether oxygens (including phenoxy) is 1. The van der Waals surface area contributed by atoms with Gasteiger partial charge in [0.25, 0.3) is 0 Å². The topological polar surface area (TPSA) is 44.8 Å². The van der Waals surface area contributed by atoms with Gasteiger partial charge in [0, 0.05) is 39.1 Å². The Bertz CT molecular complexity index is 745. The summed E-state index contributed by atoms with van der Waals surface area (Å²) in [4.78, 5) is 16.8. The predicted octanol–water partition coefficient (Wildman–Crippen LogP) is 3.50. The van der Waals surface area contributed by atoms with Gasteiger partial charge in [-0.2, -0.15) is 0 Å². The van der Waals surface area contributed by atoms with Gasteiger partial charge in [-0.05, 0) is 24.3 Å². The van der Waals surface area contributed by atoms with E-state index in [1.807, 2.05) is 36.4 Å². The highest BCUT2D eigenvalue weighted by molar-refractivity contribution is 6.33. The van der Waals surface area contributed by atoms with Crippen LogP contribution in [0, 0.1) is 0 Å². The molecule has 138 valence electrons. The van der Waals surface area contributed by atoms with Crippen molar-refractivity contribution in [2.45, 2.75) is 6.42 Å². The highest BCUT2D eigenvalue weighted by Crippen LogP contribution is 2.28. The van der Waals surface area contributed by atoms with E-state index >= 15 is 0 Å². The van der Waals surface area contributed by atoms with Crippen molar-refractivity contribution < 1.29 is 9.53 Å². The standard InChI is InChI=1S/C20H24ClN3O2/c1-26-19-9-5-4-8-18(19)24-14-12-23(13-15-24)11-10-20(25)22-17-7-3-2-6-16(17)21/h2-9H,10-15H2,1H3,(H,22,25). The molecule has 2 aromatic rings. The number of nitrogens with one attached hydrogen (secondary N) is 1. The summed E-state index contributed by atoms with van der Waals surface area (Å²) in [7, 11) is 1.70. The highest BCUT2D eigenvalue weighted by atomic mass is 35.5. The monoisotopic (exact) mass is 373 g/mol. The molecule has 0 saturated carbocycles. The zero-order valence-electron chi connectivity index (χ0n) is 15.0. The van der Waals surface area contributed by atoms with E-state index in [-0.39, 0.29) is 5.91 Å². The normalized spacial score (nSPS) is 14.9. The molecule has 2 aromatic carbocycles. The Balaban J connectivity index is 1.45. The lowest BCUT2D eigenvalue weighted by Crippen LogP contribution is -2.47. The molecule has 1 aliphatic heterocycles. The van der Waals surface area contributed by atoms with E-state index < -0.39 is 0 Å². The molecular weight excluding hydrogens is 350 g/mol. The van der Waals surface area contributed by atoms with Crippen LogP contribution in [0.1, 0.15) is 6.42 Å². The van der Waals surface area contributed by atoms with Crippen LogP contribution >= 0.6 is 11.6 Å². The molecule has 0 atom stereocenters. The second kappa shape index (κ2) is 8.92. The minimum Gasteiger partial charge on any atom is -0.495 e. The van der Waals surface area contributed by atoms with Gasteiger partial charge in [0.1, 0.15) is 5.75 Å². The molecule has 0 aromatic heterocycles. The molecule has 0 spiro atoms. The van der Waals surface area contributed by atoms with Crippen LogP contribution in [0.4, 0.5) is 11.4 Å². The highest BCUT2D eigenvalue weighted by Gasteiger charge is 2.20. The number of methoxy groups -OCH3 is 1. The number of carbonyl (C=O) groups is 1. The van der Waals surface area contributed by atoms with Crippen LogP contribution < -0.4 is 15.0 Å². The van der Waals surface area contributed by atoms with Crippen LogP contribution in [0.15, 0.2) is 48.5 Å². The smallest absolute Gasteiger partial charge is 0.225 e. The second-order valence-electron chi connectivity index (χ2n) is 6.28. The fourth-order valence-electron chi connectivity index (χ4n) is 3.14. The molecule has 5 nitrogen and oxygen atoms in total. The molecule has 3 rings (SSSR count). The SMILES string of the molecule is COc1ccccc1N1CCN(CCC(=O)Nc2ccccc2Cl)CC1. The zero-order valence-corrected chi connectivity index (χ0v) is 15.7. The van der Waals surface area contributed by atoms with Crippen molar-refractivity contribution in [2.75, 3.05) is 50.1 Å². The Morgan fingerprint density at radius 1 is 1.08 bits per heavy atom. The number of piperazine rings is 1. The predicted molar refractivity (Wildman–Crippen MR) is 106 cm³/mol. The lowest BCUT2D eigenvalue weighted by atomic mass is 10.2. The lowest BCUT2D eigenvalue weighted by molar-refractivity contribution is -0.116. The number of amides is 1. The first-order valence-corrected chi connectivity index (χ1v) is 9.20. The number of carbonyl (C=O) groups excluding carboxylic acids is 1. The van der Waals surface area contributed by atoms with Gasteiger partial charge in [0.2, 0.25) is 5.91 Å². The summed E-state index contributed by atoms with van der Waals surface area (Å²) in [5.41, 5.74) is 1.80. The average molecular weight is 374 g/mol. The third kappa shape index (κ3) is 4.68. The quantitative estimate of drug-likeness (QED) is 0.841. The third-order valence-electron chi connectivity index (χ3n) is 4.60.